The first-order valence-corrected chi connectivity index (χ1v) is 6.83. The van der Waals surface area contributed by atoms with Crippen molar-refractivity contribution in [2.75, 3.05) is 6.61 Å². The maximum Gasteiger partial charge on any atom is 0.258 e. The second-order valence-corrected chi connectivity index (χ2v) is 5.52. The van der Waals surface area contributed by atoms with Crippen LogP contribution in [-0.4, -0.2) is 18.6 Å². The van der Waals surface area contributed by atoms with Gasteiger partial charge in [0.2, 0.25) is 0 Å². The quantitative estimate of drug-likeness (QED) is 0.875. The first-order valence-electron chi connectivity index (χ1n) is 6.03. The SMILES string of the molecule is C[C@H](N)c1cc(Br)ccc1OCC(=O)NC1CC1. The summed E-state index contributed by atoms with van der Waals surface area (Å²) < 4.78 is 6.48. The van der Waals surface area contributed by atoms with E-state index in [0.29, 0.717) is 11.8 Å². The predicted molar refractivity (Wildman–Crippen MR) is 73.4 cm³/mol. The molecule has 0 bridgehead atoms. The molecule has 0 spiro atoms. The summed E-state index contributed by atoms with van der Waals surface area (Å²) in [4.78, 5) is 11.5. The highest BCUT2D eigenvalue weighted by atomic mass is 79.9. The van der Waals surface area contributed by atoms with Gasteiger partial charge in [-0.1, -0.05) is 15.9 Å². The van der Waals surface area contributed by atoms with Crippen molar-refractivity contribution < 1.29 is 9.53 Å². The van der Waals surface area contributed by atoms with Gasteiger partial charge in [-0.15, -0.1) is 0 Å². The molecule has 1 saturated carbocycles. The average molecular weight is 313 g/mol. The molecule has 0 heterocycles. The van der Waals surface area contributed by atoms with Crippen LogP contribution in [0, 0.1) is 0 Å². The zero-order chi connectivity index (χ0) is 13.1. The Morgan fingerprint density at radius 3 is 2.94 bits per heavy atom. The summed E-state index contributed by atoms with van der Waals surface area (Å²) in [6, 6.07) is 5.84. The molecule has 0 saturated heterocycles. The molecule has 2 rings (SSSR count). The Kier molecular flexibility index (Phi) is 4.24. The van der Waals surface area contributed by atoms with E-state index >= 15 is 0 Å². The van der Waals surface area contributed by atoms with Gasteiger partial charge in [-0.3, -0.25) is 4.79 Å². The molecule has 1 fully saturated rings. The molecule has 0 unspecified atom stereocenters. The fraction of sp³-hybridized carbons (Fsp3) is 0.462. The maximum atomic E-state index is 11.5. The van der Waals surface area contributed by atoms with E-state index < -0.39 is 0 Å². The minimum absolute atomic E-state index is 0.0395. The average Bonchev–Trinajstić information content (AvgIpc) is 3.11. The van der Waals surface area contributed by atoms with Gasteiger partial charge in [-0.2, -0.15) is 0 Å². The van der Waals surface area contributed by atoms with E-state index in [4.69, 9.17) is 10.5 Å². The topological polar surface area (TPSA) is 64.3 Å². The molecule has 1 aliphatic carbocycles. The summed E-state index contributed by atoms with van der Waals surface area (Å²) in [5.74, 6) is 0.593. The van der Waals surface area contributed by atoms with E-state index in [-0.39, 0.29) is 18.6 Å². The summed E-state index contributed by atoms with van der Waals surface area (Å²) in [6.45, 7) is 1.93. The van der Waals surface area contributed by atoms with Crippen molar-refractivity contribution in [3.63, 3.8) is 0 Å². The minimum atomic E-state index is -0.135. The molecule has 1 aromatic rings. The monoisotopic (exact) mass is 312 g/mol. The van der Waals surface area contributed by atoms with Crippen LogP contribution in [0.25, 0.3) is 0 Å². The van der Waals surface area contributed by atoms with Crippen molar-refractivity contribution >= 4 is 21.8 Å². The Labute approximate surface area is 115 Å². The van der Waals surface area contributed by atoms with Crippen molar-refractivity contribution in [3.8, 4) is 5.75 Å². The van der Waals surface area contributed by atoms with Crippen molar-refractivity contribution in [3.05, 3.63) is 28.2 Å². The number of amides is 1. The number of carbonyl (C=O) groups is 1. The van der Waals surface area contributed by atoms with Crippen LogP contribution < -0.4 is 15.8 Å². The second kappa shape index (κ2) is 5.71. The summed E-state index contributed by atoms with van der Waals surface area (Å²) >= 11 is 3.40. The zero-order valence-electron chi connectivity index (χ0n) is 10.3. The smallest absolute Gasteiger partial charge is 0.258 e. The summed E-state index contributed by atoms with van der Waals surface area (Å²) in [5.41, 5.74) is 6.77. The van der Waals surface area contributed by atoms with Crippen LogP contribution in [0.4, 0.5) is 0 Å². The molecule has 18 heavy (non-hydrogen) atoms. The molecule has 0 aliphatic heterocycles. The number of nitrogens with two attached hydrogens (primary N) is 1. The molecule has 1 aliphatic rings. The summed E-state index contributed by atoms with van der Waals surface area (Å²) in [7, 11) is 0. The van der Waals surface area contributed by atoms with E-state index in [1.165, 1.54) is 0 Å². The Bertz CT molecular complexity index is 445. The largest absolute Gasteiger partial charge is 0.483 e. The van der Waals surface area contributed by atoms with Crippen LogP contribution in [0.5, 0.6) is 5.75 Å². The van der Waals surface area contributed by atoms with Gasteiger partial charge in [-0.25, -0.2) is 0 Å². The molecular weight excluding hydrogens is 296 g/mol. The fourth-order valence-electron chi connectivity index (χ4n) is 1.65. The number of hydrogen-bond donors (Lipinski definition) is 2. The Morgan fingerprint density at radius 2 is 2.33 bits per heavy atom. The molecule has 4 nitrogen and oxygen atoms in total. The normalized spacial score (nSPS) is 16.2. The van der Waals surface area contributed by atoms with Gasteiger partial charge in [0.15, 0.2) is 6.61 Å². The second-order valence-electron chi connectivity index (χ2n) is 4.60. The lowest BCUT2D eigenvalue weighted by Crippen LogP contribution is -2.30. The molecule has 98 valence electrons. The predicted octanol–water partition coefficient (Wildman–Crippen LogP) is 2.13. The number of hydrogen-bond acceptors (Lipinski definition) is 3. The van der Waals surface area contributed by atoms with Gasteiger partial charge in [0.25, 0.3) is 5.91 Å². The van der Waals surface area contributed by atoms with Crippen LogP contribution in [0.15, 0.2) is 22.7 Å². The third-order valence-electron chi connectivity index (χ3n) is 2.76. The first kappa shape index (κ1) is 13.4. The molecule has 0 aromatic heterocycles. The highest BCUT2D eigenvalue weighted by Gasteiger charge is 2.23. The van der Waals surface area contributed by atoms with Crippen molar-refractivity contribution in [1.82, 2.24) is 5.32 Å². The number of benzene rings is 1. The molecular formula is C13H17BrN2O2. The summed E-state index contributed by atoms with van der Waals surface area (Å²) in [5, 5.41) is 2.88. The molecule has 1 atom stereocenters. The minimum Gasteiger partial charge on any atom is -0.483 e. The third kappa shape index (κ3) is 3.71. The lowest BCUT2D eigenvalue weighted by atomic mass is 10.1. The maximum absolute atomic E-state index is 11.5. The van der Waals surface area contributed by atoms with Crippen LogP contribution in [-0.2, 0) is 4.79 Å². The van der Waals surface area contributed by atoms with Gasteiger partial charge in [-0.05, 0) is 38.0 Å². The van der Waals surface area contributed by atoms with Crippen molar-refractivity contribution in [2.24, 2.45) is 5.73 Å². The summed E-state index contributed by atoms with van der Waals surface area (Å²) in [6.07, 6.45) is 2.16. The molecule has 3 N–H and O–H groups in total. The van der Waals surface area contributed by atoms with E-state index in [1.807, 2.05) is 25.1 Å². The Hall–Kier alpha value is -1.07. The molecule has 0 radical (unpaired) electrons. The number of ether oxygens (including phenoxy) is 1. The van der Waals surface area contributed by atoms with Crippen LogP contribution in [0.3, 0.4) is 0 Å². The van der Waals surface area contributed by atoms with Gasteiger partial charge in [0.05, 0.1) is 0 Å². The van der Waals surface area contributed by atoms with Gasteiger partial charge < -0.3 is 15.8 Å². The molecule has 1 aromatic carbocycles. The Morgan fingerprint density at radius 1 is 1.61 bits per heavy atom. The van der Waals surface area contributed by atoms with Gasteiger partial charge >= 0.3 is 0 Å². The standard InChI is InChI=1S/C13H17BrN2O2/c1-8(15)11-6-9(14)2-5-12(11)18-7-13(17)16-10-3-4-10/h2,5-6,8,10H,3-4,7,15H2,1H3,(H,16,17)/t8-/m0/s1. The highest BCUT2D eigenvalue weighted by Crippen LogP contribution is 2.27. The number of carbonyl (C=O) groups excluding carboxylic acids is 1. The van der Waals surface area contributed by atoms with Crippen molar-refractivity contribution in [1.29, 1.82) is 0 Å². The molecule has 1 amide bonds. The van der Waals surface area contributed by atoms with E-state index in [1.54, 1.807) is 0 Å². The third-order valence-corrected chi connectivity index (χ3v) is 3.26. The highest BCUT2D eigenvalue weighted by molar-refractivity contribution is 9.10. The van der Waals surface area contributed by atoms with Gasteiger partial charge in [0, 0.05) is 22.1 Å². The van der Waals surface area contributed by atoms with Crippen LogP contribution in [0.1, 0.15) is 31.4 Å². The lowest BCUT2D eigenvalue weighted by Gasteiger charge is -2.14. The van der Waals surface area contributed by atoms with Crippen LogP contribution >= 0.6 is 15.9 Å². The zero-order valence-corrected chi connectivity index (χ0v) is 11.9. The number of nitrogens with one attached hydrogen (secondary N) is 1. The Balaban J connectivity index is 1.96. The van der Waals surface area contributed by atoms with Crippen LogP contribution in [0.2, 0.25) is 0 Å². The van der Waals surface area contributed by atoms with Crippen molar-refractivity contribution in [2.45, 2.75) is 31.8 Å². The van der Waals surface area contributed by atoms with E-state index in [2.05, 4.69) is 21.2 Å². The number of halogens is 1. The first-order chi connectivity index (χ1) is 8.56. The number of rotatable bonds is 5. The lowest BCUT2D eigenvalue weighted by molar-refractivity contribution is -0.123. The van der Waals surface area contributed by atoms with Gasteiger partial charge in [0.1, 0.15) is 5.75 Å². The van der Waals surface area contributed by atoms with E-state index in [0.717, 1.165) is 22.9 Å². The molecule has 5 heteroatoms. The fourth-order valence-corrected chi connectivity index (χ4v) is 2.03. The van der Waals surface area contributed by atoms with E-state index in [9.17, 15) is 4.79 Å².